The summed E-state index contributed by atoms with van der Waals surface area (Å²) in [6, 6.07) is 6.47. The highest BCUT2D eigenvalue weighted by Crippen LogP contribution is 2.17. The SMILES string of the molecule is C=CCSCC(=O)N(C)C1CCN(CCc2ccccn2)CC1. The van der Waals surface area contributed by atoms with Gasteiger partial charge in [-0.2, -0.15) is 0 Å². The number of likely N-dealkylation sites (tertiary alicyclic amines) is 1. The van der Waals surface area contributed by atoms with Gasteiger partial charge >= 0.3 is 0 Å². The molecule has 1 aromatic rings. The van der Waals surface area contributed by atoms with E-state index in [0.29, 0.717) is 11.8 Å². The van der Waals surface area contributed by atoms with E-state index < -0.39 is 0 Å². The van der Waals surface area contributed by atoms with Crippen LogP contribution in [0.2, 0.25) is 0 Å². The number of carbonyl (C=O) groups excluding carboxylic acids is 1. The molecule has 0 atom stereocenters. The smallest absolute Gasteiger partial charge is 0.232 e. The van der Waals surface area contributed by atoms with Crippen molar-refractivity contribution in [3.05, 3.63) is 42.7 Å². The first-order valence-corrected chi connectivity index (χ1v) is 9.42. The normalized spacial score (nSPS) is 16.2. The fourth-order valence-electron chi connectivity index (χ4n) is 2.88. The minimum Gasteiger partial charge on any atom is -0.342 e. The van der Waals surface area contributed by atoms with Crippen LogP contribution in [0.3, 0.4) is 0 Å². The van der Waals surface area contributed by atoms with E-state index in [1.165, 1.54) is 0 Å². The molecule has 0 aromatic carbocycles. The van der Waals surface area contributed by atoms with Crippen LogP contribution in [0.4, 0.5) is 0 Å². The zero-order valence-electron chi connectivity index (χ0n) is 14.0. The fourth-order valence-corrected chi connectivity index (χ4v) is 3.55. The molecular formula is C18H27N3OS. The molecule has 1 aromatic heterocycles. The Kier molecular flexibility index (Phi) is 7.62. The lowest BCUT2D eigenvalue weighted by Crippen LogP contribution is -2.46. The number of amides is 1. The van der Waals surface area contributed by atoms with E-state index in [4.69, 9.17) is 0 Å². The van der Waals surface area contributed by atoms with Gasteiger partial charge in [-0.25, -0.2) is 0 Å². The Morgan fingerprint density at radius 1 is 1.48 bits per heavy atom. The molecule has 1 fully saturated rings. The van der Waals surface area contributed by atoms with Crippen LogP contribution in [0, 0.1) is 0 Å². The molecule has 5 heteroatoms. The van der Waals surface area contributed by atoms with Gasteiger partial charge in [0.15, 0.2) is 0 Å². The van der Waals surface area contributed by atoms with Crippen molar-refractivity contribution in [2.45, 2.75) is 25.3 Å². The van der Waals surface area contributed by atoms with Crippen molar-refractivity contribution in [3.8, 4) is 0 Å². The fraction of sp³-hybridized carbons (Fsp3) is 0.556. The van der Waals surface area contributed by atoms with Gasteiger partial charge in [0.05, 0.1) is 5.75 Å². The summed E-state index contributed by atoms with van der Waals surface area (Å²) in [5, 5.41) is 0. The quantitative estimate of drug-likeness (QED) is 0.541. The van der Waals surface area contributed by atoms with Crippen molar-refractivity contribution in [2.75, 3.05) is 38.2 Å². The minimum absolute atomic E-state index is 0.240. The van der Waals surface area contributed by atoms with Gasteiger partial charge in [-0.3, -0.25) is 9.78 Å². The summed E-state index contributed by atoms with van der Waals surface area (Å²) in [6.45, 7) is 6.87. The maximum atomic E-state index is 12.2. The average Bonchev–Trinajstić information content (AvgIpc) is 2.61. The van der Waals surface area contributed by atoms with Crippen LogP contribution in [-0.2, 0) is 11.2 Å². The molecule has 0 radical (unpaired) electrons. The molecule has 2 rings (SSSR count). The molecule has 0 unspecified atom stereocenters. The lowest BCUT2D eigenvalue weighted by Gasteiger charge is -2.36. The lowest BCUT2D eigenvalue weighted by atomic mass is 10.0. The average molecular weight is 334 g/mol. The van der Waals surface area contributed by atoms with Gasteiger partial charge in [0.25, 0.3) is 0 Å². The summed E-state index contributed by atoms with van der Waals surface area (Å²) in [5.74, 6) is 1.64. The lowest BCUT2D eigenvalue weighted by molar-refractivity contribution is -0.129. The molecule has 1 saturated heterocycles. The number of rotatable bonds is 8. The largest absolute Gasteiger partial charge is 0.342 e. The van der Waals surface area contributed by atoms with Crippen molar-refractivity contribution in [1.29, 1.82) is 0 Å². The summed E-state index contributed by atoms with van der Waals surface area (Å²) < 4.78 is 0. The molecule has 1 aliphatic heterocycles. The Hall–Kier alpha value is -1.33. The molecule has 0 aliphatic carbocycles. The van der Waals surface area contributed by atoms with Crippen molar-refractivity contribution in [1.82, 2.24) is 14.8 Å². The second kappa shape index (κ2) is 9.73. The summed E-state index contributed by atoms with van der Waals surface area (Å²) in [6.07, 6.45) is 6.83. The highest BCUT2D eigenvalue weighted by Gasteiger charge is 2.24. The number of piperidine rings is 1. The highest BCUT2D eigenvalue weighted by atomic mass is 32.2. The van der Waals surface area contributed by atoms with Crippen molar-refractivity contribution in [3.63, 3.8) is 0 Å². The van der Waals surface area contributed by atoms with Gasteiger partial charge in [-0.15, -0.1) is 18.3 Å². The first-order chi connectivity index (χ1) is 11.2. The van der Waals surface area contributed by atoms with Crippen LogP contribution in [0.25, 0.3) is 0 Å². The molecule has 1 amide bonds. The number of carbonyl (C=O) groups is 1. The second-order valence-corrected chi connectivity index (χ2v) is 6.98. The summed E-state index contributed by atoms with van der Waals surface area (Å²) >= 11 is 1.63. The highest BCUT2D eigenvalue weighted by molar-refractivity contribution is 8.00. The van der Waals surface area contributed by atoms with Crippen LogP contribution in [0.1, 0.15) is 18.5 Å². The standard InChI is InChI=1S/C18H27N3OS/c1-3-14-23-15-18(22)20(2)17-8-12-21(13-9-17)11-7-16-6-4-5-10-19-16/h3-6,10,17H,1,7-9,11-15H2,2H3. The van der Waals surface area contributed by atoms with E-state index >= 15 is 0 Å². The molecule has 1 aliphatic rings. The number of hydrogen-bond donors (Lipinski definition) is 0. The third kappa shape index (κ3) is 5.99. The van der Waals surface area contributed by atoms with Crippen molar-refractivity contribution in [2.24, 2.45) is 0 Å². The molecular weight excluding hydrogens is 306 g/mol. The summed E-state index contributed by atoms with van der Waals surface area (Å²) in [5.41, 5.74) is 1.15. The van der Waals surface area contributed by atoms with E-state index in [-0.39, 0.29) is 5.91 Å². The minimum atomic E-state index is 0.240. The van der Waals surface area contributed by atoms with Crippen LogP contribution in [-0.4, -0.2) is 64.9 Å². The Morgan fingerprint density at radius 2 is 2.26 bits per heavy atom. The first kappa shape index (κ1) is 18.0. The molecule has 0 N–H and O–H groups in total. The van der Waals surface area contributed by atoms with E-state index in [1.54, 1.807) is 11.8 Å². The Morgan fingerprint density at radius 3 is 2.91 bits per heavy atom. The third-order valence-corrected chi connectivity index (χ3v) is 5.29. The molecule has 23 heavy (non-hydrogen) atoms. The van der Waals surface area contributed by atoms with Gasteiger partial charge in [0.1, 0.15) is 0 Å². The van der Waals surface area contributed by atoms with Gasteiger partial charge < -0.3 is 9.80 Å². The Labute approximate surface area is 144 Å². The van der Waals surface area contributed by atoms with Crippen LogP contribution >= 0.6 is 11.8 Å². The predicted octanol–water partition coefficient (Wildman–Crippen LogP) is 2.47. The van der Waals surface area contributed by atoms with Crippen molar-refractivity contribution < 1.29 is 4.79 Å². The maximum Gasteiger partial charge on any atom is 0.232 e. The van der Waals surface area contributed by atoms with E-state index in [1.807, 2.05) is 36.4 Å². The molecule has 126 valence electrons. The number of aromatic nitrogens is 1. The van der Waals surface area contributed by atoms with Crippen molar-refractivity contribution >= 4 is 17.7 Å². The third-order valence-electron chi connectivity index (χ3n) is 4.37. The number of thioether (sulfide) groups is 1. The Bertz CT molecular complexity index is 486. The zero-order chi connectivity index (χ0) is 16.5. The topological polar surface area (TPSA) is 36.4 Å². The molecule has 4 nitrogen and oxygen atoms in total. The number of hydrogen-bond acceptors (Lipinski definition) is 4. The monoisotopic (exact) mass is 333 g/mol. The molecule has 0 bridgehead atoms. The second-order valence-electron chi connectivity index (χ2n) is 5.95. The predicted molar refractivity (Wildman–Crippen MR) is 97.7 cm³/mol. The van der Waals surface area contributed by atoms with E-state index in [2.05, 4.69) is 22.5 Å². The summed E-state index contributed by atoms with van der Waals surface area (Å²) in [7, 11) is 1.95. The molecule has 0 saturated carbocycles. The van der Waals surface area contributed by atoms with E-state index in [9.17, 15) is 4.79 Å². The van der Waals surface area contributed by atoms with Gasteiger partial charge in [-0.05, 0) is 25.0 Å². The van der Waals surface area contributed by atoms with E-state index in [0.717, 1.165) is 50.3 Å². The van der Waals surface area contributed by atoms with Crippen LogP contribution in [0.5, 0.6) is 0 Å². The van der Waals surface area contributed by atoms with Gasteiger partial charge in [-0.1, -0.05) is 12.1 Å². The first-order valence-electron chi connectivity index (χ1n) is 8.27. The molecule has 0 spiro atoms. The summed E-state index contributed by atoms with van der Waals surface area (Å²) in [4.78, 5) is 21.0. The van der Waals surface area contributed by atoms with Crippen LogP contribution < -0.4 is 0 Å². The van der Waals surface area contributed by atoms with Gasteiger partial charge in [0, 0.05) is 56.8 Å². The number of pyridine rings is 1. The van der Waals surface area contributed by atoms with Gasteiger partial charge in [0.2, 0.25) is 5.91 Å². The maximum absolute atomic E-state index is 12.2. The van der Waals surface area contributed by atoms with Crippen LogP contribution in [0.15, 0.2) is 37.1 Å². The Balaban J connectivity index is 1.68. The zero-order valence-corrected chi connectivity index (χ0v) is 14.8. The molecule has 2 heterocycles. The number of nitrogens with zero attached hydrogens (tertiary/aromatic N) is 3.